The van der Waals surface area contributed by atoms with Crippen LogP contribution in [0.25, 0.3) is 100 Å². The smallest absolute Gasteiger partial charge is 0.227 e. The Labute approximate surface area is 360 Å². The molecule has 0 unspecified atom stereocenters. The van der Waals surface area contributed by atoms with Gasteiger partial charge in [0.2, 0.25) is 11.8 Å². The van der Waals surface area contributed by atoms with E-state index in [1.807, 2.05) is 36.4 Å². The lowest BCUT2D eigenvalue weighted by molar-refractivity contribution is 0.614. The second-order valence-corrected chi connectivity index (χ2v) is 15.9. The number of anilines is 3. The van der Waals surface area contributed by atoms with Gasteiger partial charge in [0.05, 0.1) is 22.1 Å². The van der Waals surface area contributed by atoms with Crippen molar-refractivity contribution in [2.24, 2.45) is 0 Å². The van der Waals surface area contributed by atoms with Crippen LogP contribution in [0.2, 0.25) is 0 Å². The Morgan fingerprint density at radius 2 is 0.778 bits per heavy atom. The van der Waals surface area contributed by atoms with Gasteiger partial charge in [-0.25, -0.2) is 9.97 Å². The zero-order valence-electron chi connectivity index (χ0n) is 33.8. The van der Waals surface area contributed by atoms with Gasteiger partial charge in [0.25, 0.3) is 0 Å². The fraction of sp³-hybridized carbons (Fsp3) is 0. The summed E-state index contributed by atoms with van der Waals surface area (Å²) in [6.07, 6.45) is 0. The summed E-state index contributed by atoms with van der Waals surface area (Å²) >= 11 is 0. The van der Waals surface area contributed by atoms with Gasteiger partial charge in [0, 0.05) is 67.2 Å². The summed E-state index contributed by atoms with van der Waals surface area (Å²) in [4.78, 5) is 12.1. The predicted molar refractivity (Wildman–Crippen MR) is 256 cm³/mol. The van der Waals surface area contributed by atoms with Gasteiger partial charge in [0.1, 0.15) is 11.0 Å². The van der Waals surface area contributed by atoms with Gasteiger partial charge >= 0.3 is 0 Å². The van der Waals surface area contributed by atoms with Crippen molar-refractivity contribution >= 4 is 82.9 Å². The first kappa shape index (κ1) is 35.1. The van der Waals surface area contributed by atoms with Crippen molar-refractivity contribution in [1.82, 2.24) is 19.1 Å². The summed E-state index contributed by atoms with van der Waals surface area (Å²) in [5.41, 5.74) is 14.5. The van der Waals surface area contributed by atoms with E-state index in [1.54, 1.807) is 0 Å². The minimum atomic E-state index is 0.513. The van der Waals surface area contributed by atoms with E-state index in [-0.39, 0.29) is 0 Å². The Kier molecular flexibility index (Phi) is 7.77. The Morgan fingerprint density at radius 1 is 0.333 bits per heavy atom. The van der Waals surface area contributed by atoms with Crippen LogP contribution in [0, 0.1) is 0 Å². The third kappa shape index (κ3) is 5.67. The second-order valence-electron chi connectivity index (χ2n) is 15.9. The van der Waals surface area contributed by atoms with Crippen molar-refractivity contribution in [2.45, 2.75) is 0 Å². The van der Waals surface area contributed by atoms with E-state index in [0.717, 1.165) is 72.5 Å². The van der Waals surface area contributed by atoms with E-state index < -0.39 is 0 Å². The molecule has 0 aliphatic carbocycles. The van der Waals surface area contributed by atoms with Gasteiger partial charge in [-0.05, 0) is 115 Å². The van der Waals surface area contributed by atoms with E-state index in [2.05, 4.69) is 190 Å². The molecule has 7 nitrogen and oxygen atoms in total. The van der Waals surface area contributed by atoms with E-state index in [1.165, 1.54) is 21.7 Å². The lowest BCUT2D eigenvalue weighted by Gasteiger charge is -2.25. The number of nitrogens with zero attached hydrogens (tertiary/aromatic N) is 5. The predicted octanol–water partition coefficient (Wildman–Crippen LogP) is 15.0. The molecule has 0 saturated carbocycles. The van der Waals surface area contributed by atoms with Crippen LogP contribution in [0.5, 0.6) is 0 Å². The van der Waals surface area contributed by atoms with Crippen LogP contribution in [0.3, 0.4) is 0 Å². The molecule has 296 valence electrons. The van der Waals surface area contributed by atoms with E-state index in [4.69, 9.17) is 18.8 Å². The number of aromatic nitrogens is 4. The lowest BCUT2D eigenvalue weighted by Crippen LogP contribution is -2.09. The van der Waals surface area contributed by atoms with Gasteiger partial charge in [-0.2, -0.15) is 0 Å². The highest BCUT2D eigenvalue weighted by molar-refractivity contribution is 6.11. The number of fused-ring (bicyclic) bond motifs is 8. The van der Waals surface area contributed by atoms with Crippen molar-refractivity contribution in [2.75, 3.05) is 4.90 Å². The van der Waals surface area contributed by atoms with Gasteiger partial charge in [-0.15, -0.1) is 0 Å². The maximum Gasteiger partial charge on any atom is 0.227 e. The van der Waals surface area contributed by atoms with Gasteiger partial charge in [-0.3, -0.25) is 0 Å². The molecule has 4 heterocycles. The van der Waals surface area contributed by atoms with Crippen molar-refractivity contribution in [3.8, 4) is 34.3 Å². The molecule has 0 aliphatic heterocycles. The molecule has 4 aromatic heterocycles. The molecule has 13 aromatic rings. The van der Waals surface area contributed by atoms with Crippen LogP contribution in [0.4, 0.5) is 17.1 Å². The highest BCUT2D eigenvalue weighted by Crippen LogP contribution is 2.41. The highest BCUT2D eigenvalue weighted by Gasteiger charge is 2.20. The lowest BCUT2D eigenvalue weighted by atomic mass is 10.1. The molecule has 0 fully saturated rings. The fourth-order valence-corrected chi connectivity index (χ4v) is 9.30. The zero-order chi connectivity index (χ0) is 41.4. The summed E-state index contributed by atoms with van der Waals surface area (Å²) in [7, 11) is 0. The topological polar surface area (TPSA) is 65.2 Å². The average Bonchev–Trinajstić information content (AvgIpc) is 4.13. The Bertz CT molecular complexity index is 3860. The minimum absolute atomic E-state index is 0.513. The summed E-state index contributed by atoms with van der Waals surface area (Å²) in [5.74, 6) is 1.07. The van der Waals surface area contributed by atoms with Crippen LogP contribution < -0.4 is 4.90 Å². The molecule has 0 spiro atoms. The van der Waals surface area contributed by atoms with Crippen LogP contribution >= 0.6 is 0 Å². The van der Waals surface area contributed by atoms with Crippen LogP contribution in [-0.4, -0.2) is 19.1 Å². The van der Waals surface area contributed by atoms with E-state index in [9.17, 15) is 0 Å². The number of oxazole rings is 2. The largest absolute Gasteiger partial charge is 0.436 e. The summed E-state index contributed by atoms with van der Waals surface area (Å²) < 4.78 is 17.7. The molecule has 0 bridgehead atoms. The molecule has 9 aromatic carbocycles. The first-order valence-corrected chi connectivity index (χ1v) is 21.1. The van der Waals surface area contributed by atoms with E-state index >= 15 is 0 Å². The molecular formula is C56H35N5O2. The average molecular weight is 810 g/mol. The van der Waals surface area contributed by atoms with Crippen molar-refractivity contribution in [3.05, 3.63) is 212 Å². The number of rotatable bonds is 7. The molecule has 13 rings (SSSR count). The molecule has 7 heteroatoms. The maximum atomic E-state index is 6.56. The number of hydrogen-bond acceptors (Lipinski definition) is 5. The monoisotopic (exact) mass is 809 g/mol. The SMILES string of the molecule is c1ccc(N(c2ccc3nc(-c4ccc5nc(-c6ccc7c(c6)c6ccccc6n7-c6ccccc6)oc5c4)oc3c2)c2ccc3c(c2)c2ccccc2n3-c2ccccc2)cc1. The van der Waals surface area contributed by atoms with Crippen molar-refractivity contribution in [3.63, 3.8) is 0 Å². The molecule has 0 amide bonds. The summed E-state index contributed by atoms with van der Waals surface area (Å²) in [5, 5.41) is 4.70. The van der Waals surface area contributed by atoms with Crippen molar-refractivity contribution in [1.29, 1.82) is 0 Å². The van der Waals surface area contributed by atoms with E-state index in [0.29, 0.717) is 22.9 Å². The molecule has 0 saturated heterocycles. The van der Waals surface area contributed by atoms with Crippen molar-refractivity contribution < 1.29 is 8.83 Å². The molecule has 0 atom stereocenters. The van der Waals surface area contributed by atoms with Gasteiger partial charge in [-0.1, -0.05) is 91.0 Å². The molecule has 0 N–H and O–H groups in total. The standard InChI is InChI=1S/C56H35N5O2/c1-4-14-38(15-5-1)59(41-27-31-52-46(34-41)44-21-11-13-23-50(44)61(52)40-18-8-3-9-19-40)42-26-29-48-54(35-42)63-56(58-48)37-24-28-47-53(33-37)62-55(57-47)36-25-30-51-45(32-36)43-20-10-12-22-49(43)60(51)39-16-6-2-7-17-39/h1-35H. The molecule has 63 heavy (non-hydrogen) atoms. The first-order chi connectivity index (χ1) is 31.2. The van der Waals surface area contributed by atoms with Crippen LogP contribution in [-0.2, 0) is 0 Å². The fourth-order valence-electron chi connectivity index (χ4n) is 9.30. The normalized spacial score (nSPS) is 11.8. The third-order valence-corrected chi connectivity index (χ3v) is 12.1. The number of hydrogen-bond donors (Lipinski definition) is 0. The molecule has 0 aliphatic rings. The highest BCUT2D eigenvalue weighted by atomic mass is 16.4. The molecule has 0 radical (unpaired) electrons. The summed E-state index contributed by atoms with van der Waals surface area (Å²) in [6, 6.07) is 73.9. The third-order valence-electron chi connectivity index (χ3n) is 12.1. The first-order valence-electron chi connectivity index (χ1n) is 21.1. The minimum Gasteiger partial charge on any atom is -0.436 e. The summed E-state index contributed by atoms with van der Waals surface area (Å²) in [6.45, 7) is 0. The van der Waals surface area contributed by atoms with Gasteiger partial charge < -0.3 is 22.9 Å². The Morgan fingerprint density at radius 3 is 1.41 bits per heavy atom. The Hall–Kier alpha value is -8.68. The molecular weight excluding hydrogens is 775 g/mol. The second kappa shape index (κ2) is 13.9. The maximum absolute atomic E-state index is 6.56. The Balaban J connectivity index is 0.868. The quantitative estimate of drug-likeness (QED) is 0.160. The van der Waals surface area contributed by atoms with Gasteiger partial charge in [0.15, 0.2) is 11.2 Å². The van der Waals surface area contributed by atoms with Crippen LogP contribution in [0.1, 0.15) is 0 Å². The zero-order valence-corrected chi connectivity index (χ0v) is 33.8. The van der Waals surface area contributed by atoms with Crippen LogP contribution in [0.15, 0.2) is 221 Å². The number of para-hydroxylation sites is 5. The number of benzene rings is 9.